The highest BCUT2D eigenvalue weighted by atomic mass is 35.5. The van der Waals surface area contributed by atoms with E-state index in [1.807, 2.05) is 0 Å². The van der Waals surface area contributed by atoms with Crippen LogP contribution >= 0.6 is 11.6 Å². The summed E-state index contributed by atoms with van der Waals surface area (Å²) in [6.07, 6.45) is 4.24. The molecule has 2 aromatic rings. The molecule has 0 aromatic heterocycles. The normalized spacial score (nSPS) is 10.2. The molecule has 2 aromatic carbocycles. The van der Waals surface area contributed by atoms with Crippen molar-refractivity contribution in [1.82, 2.24) is 0 Å². The monoisotopic (exact) mass is 374 g/mol. The highest BCUT2D eigenvalue weighted by Crippen LogP contribution is 2.16. The Morgan fingerprint density at radius 1 is 0.962 bits per heavy atom. The van der Waals surface area contributed by atoms with Crippen LogP contribution in [0.4, 0.5) is 16.2 Å². The van der Waals surface area contributed by atoms with Gasteiger partial charge in [0.05, 0.1) is 12.2 Å². The Balaban J connectivity index is 1.81. The number of hydrogen-bond donors (Lipinski definition) is 2. The van der Waals surface area contributed by atoms with Crippen molar-refractivity contribution >= 4 is 35.0 Å². The summed E-state index contributed by atoms with van der Waals surface area (Å²) in [5.74, 6) is -0.351. The first-order valence-electron chi connectivity index (χ1n) is 8.69. The minimum Gasteiger partial charge on any atom is -0.462 e. The number of unbranched alkanes of at least 4 members (excludes halogenated alkanes) is 3. The SMILES string of the molecule is CCCCCCOC(=O)c1ccc(NC(=O)Nc2cccc(Cl)c2)cc1. The average Bonchev–Trinajstić information content (AvgIpc) is 2.62. The Morgan fingerprint density at radius 3 is 2.38 bits per heavy atom. The number of anilines is 2. The predicted molar refractivity (Wildman–Crippen MR) is 105 cm³/mol. The standard InChI is InChI=1S/C20H23ClN2O3/c1-2-3-4-5-13-26-19(24)15-9-11-17(12-10-15)22-20(25)23-18-8-6-7-16(21)14-18/h6-12,14H,2-5,13H2,1H3,(H2,22,23,25). The van der Waals surface area contributed by atoms with E-state index in [2.05, 4.69) is 17.6 Å². The van der Waals surface area contributed by atoms with Gasteiger partial charge in [-0.3, -0.25) is 0 Å². The van der Waals surface area contributed by atoms with Crippen LogP contribution in [0.15, 0.2) is 48.5 Å². The van der Waals surface area contributed by atoms with Crippen molar-refractivity contribution in [3.8, 4) is 0 Å². The zero-order valence-electron chi connectivity index (χ0n) is 14.8. The van der Waals surface area contributed by atoms with Gasteiger partial charge in [0.2, 0.25) is 0 Å². The lowest BCUT2D eigenvalue weighted by Crippen LogP contribution is -2.19. The van der Waals surface area contributed by atoms with Crippen LogP contribution in [-0.2, 0) is 4.74 Å². The number of benzene rings is 2. The molecule has 0 aliphatic rings. The molecule has 0 saturated carbocycles. The van der Waals surface area contributed by atoms with Gasteiger partial charge < -0.3 is 15.4 Å². The fourth-order valence-corrected chi connectivity index (χ4v) is 2.52. The third kappa shape index (κ3) is 6.76. The van der Waals surface area contributed by atoms with Crippen molar-refractivity contribution in [3.05, 3.63) is 59.1 Å². The third-order valence-electron chi connectivity index (χ3n) is 3.69. The van der Waals surface area contributed by atoms with Gasteiger partial charge in [-0.15, -0.1) is 0 Å². The van der Waals surface area contributed by atoms with Gasteiger partial charge in [0, 0.05) is 16.4 Å². The Bertz CT molecular complexity index is 732. The molecule has 2 rings (SSSR count). The van der Waals surface area contributed by atoms with E-state index in [1.165, 1.54) is 0 Å². The summed E-state index contributed by atoms with van der Waals surface area (Å²) in [7, 11) is 0. The number of nitrogens with one attached hydrogen (secondary N) is 2. The van der Waals surface area contributed by atoms with Crippen LogP contribution in [0.5, 0.6) is 0 Å². The van der Waals surface area contributed by atoms with Gasteiger partial charge >= 0.3 is 12.0 Å². The van der Waals surface area contributed by atoms with E-state index in [4.69, 9.17) is 16.3 Å². The van der Waals surface area contributed by atoms with Gasteiger partial charge in [0.25, 0.3) is 0 Å². The van der Waals surface area contributed by atoms with E-state index in [0.29, 0.717) is 28.6 Å². The first-order valence-corrected chi connectivity index (χ1v) is 9.07. The van der Waals surface area contributed by atoms with Crippen molar-refractivity contribution < 1.29 is 14.3 Å². The first kappa shape index (κ1) is 19.8. The molecule has 2 N–H and O–H groups in total. The predicted octanol–water partition coefficient (Wildman–Crippen LogP) is 5.72. The number of halogens is 1. The fourth-order valence-electron chi connectivity index (χ4n) is 2.33. The molecule has 0 atom stereocenters. The maximum atomic E-state index is 12.0. The number of rotatable bonds is 8. The van der Waals surface area contributed by atoms with Crippen molar-refractivity contribution in [2.24, 2.45) is 0 Å². The zero-order chi connectivity index (χ0) is 18.8. The maximum Gasteiger partial charge on any atom is 0.338 e. The molecular weight excluding hydrogens is 352 g/mol. The quantitative estimate of drug-likeness (QED) is 0.458. The summed E-state index contributed by atoms with van der Waals surface area (Å²) in [5, 5.41) is 5.93. The lowest BCUT2D eigenvalue weighted by atomic mass is 10.2. The summed E-state index contributed by atoms with van der Waals surface area (Å²) >= 11 is 5.88. The van der Waals surface area contributed by atoms with Gasteiger partial charge in [0.1, 0.15) is 0 Å². The van der Waals surface area contributed by atoms with Crippen LogP contribution in [0.1, 0.15) is 43.0 Å². The van der Waals surface area contributed by atoms with Gasteiger partial charge in [-0.05, 0) is 48.9 Å². The number of hydrogen-bond acceptors (Lipinski definition) is 3. The number of carbonyl (C=O) groups is 2. The van der Waals surface area contributed by atoms with Crippen molar-refractivity contribution in [2.75, 3.05) is 17.2 Å². The summed E-state index contributed by atoms with van der Waals surface area (Å²) in [4.78, 5) is 23.9. The Morgan fingerprint density at radius 2 is 1.69 bits per heavy atom. The van der Waals surface area contributed by atoms with E-state index in [-0.39, 0.29) is 5.97 Å². The Hall–Kier alpha value is -2.53. The maximum absolute atomic E-state index is 12.0. The molecule has 0 fully saturated rings. The molecule has 0 unspecified atom stereocenters. The van der Waals surface area contributed by atoms with Gasteiger partial charge in [0.15, 0.2) is 0 Å². The fraction of sp³-hybridized carbons (Fsp3) is 0.300. The second-order valence-corrected chi connectivity index (χ2v) is 6.30. The van der Waals surface area contributed by atoms with E-state index in [9.17, 15) is 9.59 Å². The number of amides is 2. The smallest absolute Gasteiger partial charge is 0.338 e. The minimum atomic E-state index is -0.390. The first-order chi connectivity index (χ1) is 12.6. The summed E-state index contributed by atoms with van der Waals surface area (Å²) in [5.41, 5.74) is 1.63. The van der Waals surface area contributed by atoms with Gasteiger partial charge in [-0.1, -0.05) is 43.9 Å². The van der Waals surface area contributed by atoms with Crippen LogP contribution < -0.4 is 10.6 Å². The summed E-state index contributed by atoms with van der Waals surface area (Å²) < 4.78 is 5.23. The van der Waals surface area contributed by atoms with Gasteiger partial charge in [-0.25, -0.2) is 9.59 Å². The lowest BCUT2D eigenvalue weighted by molar-refractivity contribution is 0.0498. The molecule has 0 heterocycles. The van der Waals surface area contributed by atoms with E-state index in [1.54, 1.807) is 48.5 Å². The van der Waals surface area contributed by atoms with Crippen LogP contribution in [-0.4, -0.2) is 18.6 Å². The molecule has 2 amide bonds. The van der Waals surface area contributed by atoms with E-state index in [0.717, 1.165) is 25.7 Å². The molecule has 138 valence electrons. The number of ether oxygens (including phenoxy) is 1. The van der Waals surface area contributed by atoms with Crippen molar-refractivity contribution in [3.63, 3.8) is 0 Å². The molecule has 0 radical (unpaired) electrons. The molecule has 0 spiro atoms. The molecule has 26 heavy (non-hydrogen) atoms. The molecule has 0 bridgehead atoms. The van der Waals surface area contributed by atoms with Crippen molar-refractivity contribution in [2.45, 2.75) is 32.6 Å². The molecule has 0 saturated heterocycles. The molecule has 0 aliphatic carbocycles. The number of urea groups is 1. The second kappa shape index (κ2) is 10.5. The minimum absolute atomic E-state index is 0.351. The van der Waals surface area contributed by atoms with Crippen LogP contribution in [0.3, 0.4) is 0 Å². The van der Waals surface area contributed by atoms with Gasteiger partial charge in [-0.2, -0.15) is 0 Å². The van der Waals surface area contributed by atoms with Crippen molar-refractivity contribution in [1.29, 1.82) is 0 Å². The Labute approximate surface area is 158 Å². The highest BCUT2D eigenvalue weighted by Gasteiger charge is 2.08. The Kier molecular flexibility index (Phi) is 7.96. The highest BCUT2D eigenvalue weighted by molar-refractivity contribution is 6.30. The van der Waals surface area contributed by atoms with E-state index < -0.39 is 6.03 Å². The van der Waals surface area contributed by atoms with Crippen LogP contribution in [0.25, 0.3) is 0 Å². The lowest BCUT2D eigenvalue weighted by Gasteiger charge is -2.09. The molecule has 6 heteroatoms. The topological polar surface area (TPSA) is 67.4 Å². The zero-order valence-corrected chi connectivity index (χ0v) is 15.5. The summed E-state index contributed by atoms with van der Waals surface area (Å²) in [6.45, 7) is 2.57. The average molecular weight is 375 g/mol. The second-order valence-electron chi connectivity index (χ2n) is 5.86. The largest absolute Gasteiger partial charge is 0.462 e. The molecular formula is C20H23ClN2O3. The third-order valence-corrected chi connectivity index (χ3v) is 3.93. The number of carbonyl (C=O) groups excluding carboxylic acids is 2. The molecule has 5 nitrogen and oxygen atoms in total. The summed E-state index contributed by atoms with van der Waals surface area (Å²) in [6, 6.07) is 13.1. The van der Waals surface area contributed by atoms with E-state index >= 15 is 0 Å². The number of esters is 1. The van der Waals surface area contributed by atoms with Crippen LogP contribution in [0, 0.1) is 0 Å². The molecule has 0 aliphatic heterocycles. The van der Waals surface area contributed by atoms with Crippen LogP contribution in [0.2, 0.25) is 5.02 Å².